The number of hydrogen-bond acceptors (Lipinski definition) is 4. The minimum atomic E-state index is -3.78. The van der Waals surface area contributed by atoms with Gasteiger partial charge in [-0.2, -0.15) is 0 Å². The van der Waals surface area contributed by atoms with Crippen LogP contribution in [0.5, 0.6) is 0 Å². The number of carbonyl (C=O) groups is 1. The first-order valence-corrected chi connectivity index (χ1v) is 7.85. The Labute approximate surface area is 133 Å². The van der Waals surface area contributed by atoms with Gasteiger partial charge in [0.15, 0.2) is 5.69 Å². The number of nitrogens with one attached hydrogen (secondary N) is 1. The molecule has 0 unspecified atom stereocenters. The Morgan fingerprint density at radius 1 is 1.13 bits per heavy atom. The number of carbonyl (C=O) groups excluding carboxylic acids is 1. The molecular weight excluding hydrogens is 318 g/mol. The number of hydroxylamine groups is 1. The van der Waals surface area contributed by atoms with Crippen molar-refractivity contribution >= 4 is 27.3 Å². The van der Waals surface area contributed by atoms with E-state index in [4.69, 9.17) is 11.8 Å². The normalized spacial score (nSPS) is 10.7. The van der Waals surface area contributed by atoms with Gasteiger partial charge >= 0.3 is 0 Å². The highest BCUT2D eigenvalue weighted by molar-refractivity contribution is 7.92. The molecule has 1 amide bonds. The maximum Gasteiger partial charge on any atom is 0.274 e. The highest BCUT2D eigenvalue weighted by atomic mass is 32.2. The minimum Gasteiger partial charge on any atom is -0.288 e. The van der Waals surface area contributed by atoms with Crippen LogP contribution < -0.4 is 9.79 Å². The van der Waals surface area contributed by atoms with Crippen molar-refractivity contribution in [3.05, 3.63) is 65.5 Å². The van der Waals surface area contributed by atoms with E-state index in [1.165, 1.54) is 61.1 Å². The van der Waals surface area contributed by atoms with Gasteiger partial charge in [-0.3, -0.25) is 14.3 Å². The number of amides is 1. The Kier molecular flexibility index (Phi) is 4.64. The van der Waals surface area contributed by atoms with Crippen molar-refractivity contribution < 1.29 is 18.4 Å². The van der Waals surface area contributed by atoms with E-state index in [0.717, 1.165) is 4.31 Å². The summed E-state index contributed by atoms with van der Waals surface area (Å²) < 4.78 is 26.1. The average Bonchev–Trinajstić information content (AvgIpc) is 2.60. The molecule has 0 aromatic heterocycles. The summed E-state index contributed by atoms with van der Waals surface area (Å²) in [7, 11) is -2.39. The summed E-state index contributed by atoms with van der Waals surface area (Å²) in [5.74, 6) is -0.684. The van der Waals surface area contributed by atoms with E-state index in [0.29, 0.717) is 11.4 Å². The highest BCUT2D eigenvalue weighted by Crippen LogP contribution is 2.24. The minimum absolute atomic E-state index is 0.0598. The average molecular weight is 331 g/mol. The van der Waals surface area contributed by atoms with E-state index < -0.39 is 15.9 Å². The van der Waals surface area contributed by atoms with Crippen LogP contribution in [0.2, 0.25) is 0 Å². The summed E-state index contributed by atoms with van der Waals surface area (Å²) in [6, 6.07) is 11.3. The van der Waals surface area contributed by atoms with E-state index in [1.807, 2.05) is 0 Å². The highest BCUT2D eigenvalue weighted by Gasteiger charge is 2.21. The van der Waals surface area contributed by atoms with E-state index in [1.54, 1.807) is 0 Å². The predicted molar refractivity (Wildman–Crippen MR) is 84.0 cm³/mol. The van der Waals surface area contributed by atoms with Crippen LogP contribution in [0.4, 0.5) is 11.4 Å². The first kappa shape index (κ1) is 16.5. The third-order valence-electron chi connectivity index (χ3n) is 3.22. The zero-order valence-corrected chi connectivity index (χ0v) is 12.9. The molecule has 0 aliphatic rings. The molecule has 2 aromatic carbocycles. The largest absolute Gasteiger partial charge is 0.288 e. The first-order chi connectivity index (χ1) is 10.9. The van der Waals surface area contributed by atoms with Crippen molar-refractivity contribution in [2.75, 3.05) is 11.4 Å². The lowest BCUT2D eigenvalue weighted by Crippen LogP contribution is -2.26. The summed E-state index contributed by atoms with van der Waals surface area (Å²) in [6.07, 6.45) is 0. The topological polar surface area (TPSA) is 91.1 Å². The van der Waals surface area contributed by atoms with Gasteiger partial charge in [0.2, 0.25) is 0 Å². The van der Waals surface area contributed by atoms with Gasteiger partial charge in [0.25, 0.3) is 15.9 Å². The Hall–Kier alpha value is -2.89. The van der Waals surface area contributed by atoms with Crippen LogP contribution in [-0.4, -0.2) is 26.6 Å². The van der Waals surface area contributed by atoms with Crippen molar-refractivity contribution in [3.8, 4) is 0 Å². The van der Waals surface area contributed by atoms with Crippen molar-refractivity contribution in [1.29, 1.82) is 0 Å². The second-order valence-electron chi connectivity index (χ2n) is 4.57. The van der Waals surface area contributed by atoms with E-state index in [9.17, 15) is 13.2 Å². The van der Waals surface area contributed by atoms with Gasteiger partial charge in [0.1, 0.15) is 0 Å². The maximum absolute atomic E-state index is 12.5. The number of hydrogen-bond donors (Lipinski definition) is 2. The molecule has 23 heavy (non-hydrogen) atoms. The molecule has 118 valence electrons. The lowest BCUT2D eigenvalue weighted by molar-refractivity contribution is 0.0706. The fourth-order valence-corrected chi connectivity index (χ4v) is 3.07. The summed E-state index contributed by atoms with van der Waals surface area (Å²) in [5.41, 5.74) is 2.41. The van der Waals surface area contributed by atoms with Gasteiger partial charge < -0.3 is 0 Å². The van der Waals surface area contributed by atoms with Crippen LogP contribution in [0.1, 0.15) is 10.4 Å². The van der Waals surface area contributed by atoms with Crippen molar-refractivity contribution in [2.24, 2.45) is 0 Å². The fraction of sp³-hybridized carbons (Fsp3) is 0.0667. The van der Waals surface area contributed by atoms with Gasteiger partial charge in [0, 0.05) is 12.6 Å². The standard InChI is InChI=1S/C15H13N3O4S/c1-16-12-5-9-14(10-6-12)23(21,22)18(2)13-7-3-11(4-8-13)15(19)17-20/h3-10,20H,2H3,(H,17,19). The maximum atomic E-state index is 12.5. The van der Waals surface area contributed by atoms with Gasteiger partial charge in [-0.25, -0.2) is 18.7 Å². The molecule has 0 aliphatic heterocycles. The zero-order chi connectivity index (χ0) is 17.0. The Balaban J connectivity index is 2.32. The second-order valence-corrected chi connectivity index (χ2v) is 6.54. The Bertz CT molecular complexity index is 853. The Morgan fingerprint density at radius 3 is 2.17 bits per heavy atom. The summed E-state index contributed by atoms with van der Waals surface area (Å²) in [6.45, 7) is 6.87. The molecule has 0 radical (unpaired) electrons. The summed E-state index contributed by atoms with van der Waals surface area (Å²) >= 11 is 0. The Morgan fingerprint density at radius 2 is 1.70 bits per heavy atom. The van der Waals surface area contributed by atoms with E-state index in [-0.39, 0.29) is 10.5 Å². The molecule has 0 spiro atoms. The van der Waals surface area contributed by atoms with E-state index in [2.05, 4.69) is 4.85 Å². The predicted octanol–water partition coefficient (Wildman–Crippen LogP) is 2.18. The lowest BCUT2D eigenvalue weighted by Gasteiger charge is -2.19. The molecule has 8 heteroatoms. The second kappa shape index (κ2) is 6.48. The number of anilines is 1. The molecule has 0 saturated carbocycles. The molecule has 2 aromatic rings. The lowest BCUT2D eigenvalue weighted by atomic mass is 10.2. The van der Waals surface area contributed by atoms with Crippen LogP contribution >= 0.6 is 0 Å². The van der Waals surface area contributed by atoms with Crippen molar-refractivity contribution in [2.45, 2.75) is 4.90 Å². The van der Waals surface area contributed by atoms with Crippen LogP contribution in [-0.2, 0) is 10.0 Å². The van der Waals surface area contributed by atoms with Crippen LogP contribution in [0.15, 0.2) is 53.4 Å². The molecule has 2 rings (SSSR count). The van der Waals surface area contributed by atoms with Crippen molar-refractivity contribution in [1.82, 2.24) is 5.48 Å². The zero-order valence-electron chi connectivity index (χ0n) is 12.1. The molecule has 7 nitrogen and oxygen atoms in total. The SMILES string of the molecule is [C-]#[N+]c1ccc(S(=O)(=O)N(C)c2ccc(C(=O)NO)cc2)cc1. The number of sulfonamides is 1. The summed E-state index contributed by atoms with van der Waals surface area (Å²) in [4.78, 5) is 14.5. The van der Waals surface area contributed by atoms with E-state index >= 15 is 0 Å². The van der Waals surface area contributed by atoms with Crippen LogP contribution in [0, 0.1) is 6.57 Å². The first-order valence-electron chi connectivity index (χ1n) is 6.41. The molecule has 0 heterocycles. The van der Waals surface area contributed by atoms with Gasteiger partial charge in [-0.1, -0.05) is 24.3 Å². The van der Waals surface area contributed by atoms with Gasteiger partial charge in [-0.15, -0.1) is 0 Å². The molecule has 0 atom stereocenters. The van der Waals surface area contributed by atoms with Crippen LogP contribution in [0.25, 0.3) is 4.85 Å². The number of nitrogens with zero attached hydrogens (tertiary/aromatic N) is 2. The van der Waals surface area contributed by atoms with Crippen LogP contribution in [0.3, 0.4) is 0 Å². The van der Waals surface area contributed by atoms with Gasteiger partial charge in [0.05, 0.1) is 17.2 Å². The third kappa shape index (κ3) is 3.31. The third-order valence-corrected chi connectivity index (χ3v) is 5.02. The molecule has 0 bridgehead atoms. The number of benzene rings is 2. The monoisotopic (exact) mass is 331 g/mol. The molecular formula is C15H13N3O4S. The quantitative estimate of drug-likeness (QED) is 0.510. The number of rotatable bonds is 4. The van der Waals surface area contributed by atoms with Gasteiger partial charge in [-0.05, 0) is 24.3 Å². The molecule has 0 fully saturated rings. The fourth-order valence-electron chi connectivity index (χ4n) is 1.88. The smallest absolute Gasteiger partial charge is 0.274 e. The summed E-state index contributed by atoms with van der Waals surface area (Å²) in [5, 5.41) is 8.56. The van der Waals surface area contributed by atoms with Crippen molar-refractivity contribution in [3.63, 3.8) is 0 Å². The molecule has 2 N–H and O–H groups in total. The molecule has 0 saturated heterocycles. The molecule has 0 aliphatic carbocycles.